The number of hydrogen-bond acceptors (Lipinski definition) is 2. The summed E-state index contributed by atoms with van der Waals surface area (Å²) < 4.78 is 0. The molecule has 0 aromatic heterocycles. The summed E-state index contributed by atoms with van der Waals surface area (Å²) in [4.78, 5) is 11.6. The number of rotatable bonds is 4. The van der Waals surface area contributed by atoms with Crippen LogP contribution in [0.25, 0.3) is 0 Å². The van der Waals surface area contributed by atoms with Crippen molar-refractivity contribution in [3.63, 3.8) is 0 Å². The highest BCUT2D eigenvalue weighted by molar-refractivity contribution is 5.85. The fourth-order valence-electron chi connectivity index (χ4n) is 2.16. The highest BCUT2D eigenvalue weighted by atomic mass is 35.5. The second-order valence-electron chi connectivity index (χ2n) is 5.14. The minimum absolute atomic E-state index is 0. The quantitative estimate of drug-likeness (QED) is 0.800. The average Bonchev–Trinajstić information content (AvgIpc) is 2.20. The van der Waals surface area contributed by atoms with E-state index in [1.54, 1.807) is 0 Å². The molecule has 0 aromatic carbocycles. The third kappa shape index (κ3) is 5.17. The van der Waals surface area contributed by atoms with Gasteiger partial charge in [0.15, 0.2) is 0 Å². The highest BCUT2D eigenvalue weighted by Crippen LogP contribution is 2.31. The summed E-state index contributed by atoms with van der Waals surface area (Å²) in [5.41, 5.74) is 0.0529. The van der Waals surface area contributed by atoms with E-state index in [9.17, 15) is 4.79 Å². The van der Waals surface area contributed by atoms with Crippen LogP contribution in [0, 0.1) is 5.92 Å². The van der Waals surface area contributed by atoms with Gasteiger partial charge >= 0.3 is 0 Å². The van der Waals surface area contributed by atoms with Crippen LogP contribution >= 0.6 is 12.4 Å². The van der Waals surface area contributed by atoms with E-state index in [1.807, 2.05) is 7.05 Å². The van der Waals surface area contributed by atoms with Crippen molar-refractivity contribution in [2.24, 2.45) is 5.92 Å². The number of amides is 1. The molecule has 0 unspecified atom stereocenters. The van der Waals surface area contributed by atoms with Crippen molar-refractivity contribution in [3.05, 3.63) is 0 Å². The maximum Gasteiger partial charge on any atom is 0.221 e. The third-order valence-corrected chi connectivity index (χ3v) is 3.42. The summed E-state index contributed by atoms with van der Waals surface area (Å²) in [6.07, 6.45) is 5.31. The molecule has 0 radical (unpaired) electrons. The summed E-state index contributed by atoms with van der Waals surface area (Å²) in [5, 5.41) is 6.17. The number of hydrogen-bond donors (Lipinski definition) is 2. The molecular weight excluding hydrogens is 224 g/mol. The van der Waals surface area contributed by atoms with Crippen molar-refractivity contribution < 1.29 is 4.79 Å². The fourth-order valence-corrected chi connectivity index (χ4v) is 2.16. The molecular formula is C12H25ClN2O. The van der Waals surface area contributed by atoms with Gasteiger partial charge in [-0.2, -0.15) is 0 Å². The number of halogens is 1. The predicted molar refractivity (Wildman–Crippen MR) is 70.0 cm³/mol. The molecule has 0 atom stereocenters. The smallest absolute Gasteiger partial charge is 0.221 e. The fraction of sp³-hybridized carbons (Fsp3) is 0.917. The minimum Gasteiger partial charge on any atom is -0.351 e. The Morgan fingerprint density at radius 3 is 2.44 bits per heavy atom. The van der Waals surface area contributed by atoms with Crippen LogP contribution < -0.4 is 10.6 Å². The Morgan fingerprint density at radius 2 is 1.94 bits per heavy atom. The molecule has 4 heteroatoms. The molecule has 1 aliphatic rings. The van der Waals surface area contributed by atoms with Crippen molar-refractivity contribution >= 4 is 18.3 Å². The Hall–Kier alpha value is -0.280. The van der Waals surface area contributed by atoms with Crippen LogP contribution in [0.1, 0.15) is 46.0 Å². The molecule has 96 valence electrons. The molecule has 16 heavy (non-hydrogen) atoms. The number of carbonyl (C=O) groups excluding carboxylic acids is 1. The lowest BCUT2D eigenvalue weighted by molar-refractivity contribution is -0.123. The van der Waals surface area contributed by atoms with Crippen LogP contribution in [0.4, 0.5) is 0 Å². The predicted octanol–water partition coefficient (Wildman–Crippen LogP) is 2.10. The zero-order valence-electron chi connectivity index (χ0n) is 10.6. The molecule has 1 aliphatic carbocycles. The first-order valence-electron chi connectivity index (χ1n) is 6.01. The Kier molecular flexibility index (Phi) is 7.00. The minimum atomic E-state index is 0. The van der Waals surface area contributed by atoms with E-state index in [1.165, 1.54) is 12.8 Å². The number of carbonyl (C=O) groups is 1. The van der Waals surface area contributed by atoms with E-state index >= 15 is 0 Å². The van der Waals surface area contributed by atoms with Gasteiger partial charge in [0, 0.05) is 18.5 Å². The van der Waals surface area contributed by atoms with Crippen LogP contribution in [0.3, 0.4) is 0 Å². The van der Waals surface area contributed by atoms with Gasteiger partial charge in [-0.15, -0.1) is 12.4 Å². The zero-order chi connectivity index (χ0) is 11.3. The van der Waals surface area contributed by atoms with Crippen LogP contribution in [-0.4, -0.2) is 25.0 Å². The van der Waals surface area contributed by atoms with Gasteiger partial charge in [0.25, 0.3) is 0 Å². The van der Waals surface area contributed by atoms with E-state index in [-0.39, 0.29) is 23.9 Å². The van der Waals surface area contributed by atoms with E-state index in [0.29, 0.717) is 6.42 Å². The van der Waals surface area contributed by atoms with E-state index < -0.39 is 0 Å². The average molecular weight is 249 g/mol. The van der Waals surface area contributed by atoms with E-state index in [2.05, 4.69) is 24.5 Å². The van der Waals surface area contributed by atoms with Gasteiger partial charge in [0.1, 0.15) is 0 Å². The standard InChI is InChI=1S/C12H24N2O.ClH/c1-10-4-7-12(2,8-5-10)14-11(15)6-9-13-3;/h10,13H,4-9H2,1-3H3,(H,14,15);1H. The monoisotopic (exact) mass is 248 g/mol. The van der Waals surface area contributed by atoms with Gasteiger partial charge in [0.05, 0.1) is 0 Å². The summed E-state index contributed by atoms with van der Waals surface area (Å²) in [5.74, 6) is 1.01. The molecule has 0 aliphatic heterocycles. The van der Waals surface area contributed by atoms with Crippen LogP contribution in [0.5, 0.6) is 0 Å². The first kappa shape index (κ1) is 15.7. The van der Waals surface area contributed by atoms with Gasteiger partial charge in [-0.1, -0.05) is 6.92 Å². The molecule has 0 heterocycles. The molecule has 0 spiro atoms. The van der Waals surface area contributed by atoms with E-state index in [0.717, 1.165) is 25.3 Å². The van der Waals surface area contributed by atoms with Crippen molar-refractivity contribution in [2.75, 3.05) is 13.6 Å². The van der Waals surface area contributed by atoms with Crippen molar-refractivity contribution in [2.45, 2.75) is 51.5 Å². The second-order valence-corrected chi connectivity index (χ2v) is 5.14. The van der Waals surface area contributed by atoms with Gasteiger partial charge in [-0.3, -0.25) is 4.79 Å². The first-order valence-corrected chi connectivity index (χ1v) is 6.01. The molecule has 0 saturated heterocycles. The van der Waals surface area contributed by atoms with Crippen molar-refractivity contribution in [1.29, 1.82) is 0 Å². The molecule has 1 rings (SSSR count). The largest absolute Gasteiger partial charge is 0.351 e. The van der Waals surface area contributed by atoms with E-state index in [4.69, 9.17) is 0 Å². The normalized spacial score (nSPS) is 29.3. The van der Waals surface area contributed by atoms with Crippen LogP contribution in [0.2, 0.25) is 0 Å². The van der Waals surface area contributed by atoms with Crippen LogP contribution in [-0.2, 0) is 4.79 Å². The zero-order valence-corrected chi connectivity index (χ0v) is 11.5. The maximum atomic E-state index is 11.6. The molecule has 1 amide bonds. The lowest BCUT2D eigenvalue weighted by atomic mass is 9.78. The molecule has 1 saturated carbocycles. The third-order valence-electron chi connectivity index (χ3n) is 3.42. The Bertz CT molecular complexity index is 213. The lowest BCUT2D eigenvalue weighted by Gasteiger charge is -2.37. The summed E-state index contributed by atoms with van der Waals surface area (Å²) in [6.45, 7) is 5.23. The maximum absolute atomic E-state index is 11.6. The molecule has 1 fully saturated rings. The van der Waals surface area contributed by atoms with Gasteiger partial charge in [-0.25, -0.2) is 0 Å². The number of nitrogens with one attached hydrogen (secondary N) is 2. The topological polar surface area (TPSA) is 41.1 Å². The molecule has 0 aromatic rings. The first-order chi connectivity index (χ1) is 7.06. The molecule has 2 N–H and O–H groups in total. The highest BCUT2D eigenvalue weighted by Gasteiger charge is 2.30. The Balaban J connectivity index is 0.00000225. The molecule has 3 nitrogen and oxygen atoms in total. The lowest BCUT2D eigenvalue weighted by Crippen LogP contribution is -2.48. The van der Waals surface area contributed by atoms with Gasteiger partial charge < -0.3 is 10.6 Å². The SMILES string of the molecule is CNCCC(=O)NC1(C)CCC(C)CC1.Cl. The molecule has 0 bridgehead atoms. The Morgan fingerprint density at radius 1 is 1.38 bits per heavy atom. The van der Waals surface area contributed by atoms with Crippen molar-refractivity contribution in [1.82, 2.24) is 10.6 Å². The summed E-state index contributed by atoms with van der Waals surface area (Å²) in [7, 11) is 1.87. The summed E-state index contributed by atoms with van der Waals surface area (Å²) in [6, 6.07) is 0. The van der Waals surface area contributed by atoms with Crippen molar-refractivity contribution in [3.8, 4) is 0 Å². The summed E-state index contributed by atoms with van der Waals surface area (Å²) >= 11 is 0. The van der Waals surface area contributed by atoms with Crippen LogP contribution in [0.15, 0.2) is 0 Å². The Labute approximate surface area is 105 Å². The van der Waals surface area contributed by atoms with Gasteiger partial charge in [0.2, 0.25) is 5.91 Å². The van der Waals surface area contributed by atoms with Gasteiger partial charge in [-0.05, 0) is 45.6 Å². The second kappa shape index (κ2) is 7.13.